The number of nitrogens with zero attached hydrogens (tertiary/aromatic N) is 3. The summed E-state index contributed by atoms with van der Waals surface area (Å²) < 4.78 is 1.83. The van der Waals surface area contributed by atoms with Gasteiger partial charge in [-0.3, -0.25) is 4.79 Å². The fraction of sp³-hybridized carbons (Fsp3) is 0.208. The maximum Gasteiger partial charge on any atom is 0.256 e. The molecule has 0 radical (unpaired) electrons. The molecular weight excluding hydrogens is 396 g/mol. The lowest BCUT2D eigenvalue weighted by atomic mass is 10.1. The second-order valence-electron chi connectivity index (χ2n) is 7.84. The lowest BCUT2D eigenvalue weighted by Crippen LogP contribution is -2.14. The molecule has 1 N–H and O–H groups in total. The molecule has 0 unspecified atom stereocenters. The molecule has 6 heteroatoms. The van der Waals surface area contributed by atoms with Crippen LogP contribution in [0, 0.1) is 13.8 Å². The summed E-state index contributed by atoms with van der Waals surface area (Å²) in [5, 5.41) is 8.97. The maximum atomic E-state index is 13.3. The standard InChI is InChI=1S/C24H21ClN4O/c1-14-8-11-20(19(25)12-14)27-24(30)18-13-21(16-9-10-16)26-23-22(18)15(2)28-29(23)17-6-4-3-5-7-17/h3-8,11-13,16H,9-10H2,1-2H3,(H,27,30). The molecule has 4 aromatic rings. The second kappa shape index (κ2) is 7.26. The summed E-state index contributed by atoms with van der Waals surface area (Å²) in [6, 6.07) is 17.4. The zero-order chi connectivity index (χ0) is 20.8. The van der Waals surface area contributed by atoms with E-state index in [1.165, 1.54) is 0 Å². The molecule has 2 aromatic carbocycles. The van der Waals surface area contributed by atoms with E-state index in [2.05, 4.69) is 5.32 Å². The third-order valence-electron chi connectivity index (χ3n) is 5.45. The van der Waals surface area contributed by atoms with Crippen molar-refractivity contribution >= 4 is 34.2 Å². The van der Waals surface area contributed by atoms with Gasteiger partial charge in [-0.25, -0.2) is 9.67 Å². The van der Waals surface area contributed by atoms with Gasteiger partial charge in [0.05, 0.1) is 33.0 Å². The molecule has 0 aliphatic heterocycles. The quantitative estimate of drug-likeness (QED) is 0.456. The van der Waals surface area contributed by atoms with Crippen LogP contribution in [0.25, 0.3) is 16.7 Å². The van der Waals surface area contributed by atoms with E-state index in [-0.39, 0.29) is 5.91 Å². The number of aromatic nitrogens is 3. The number of halogens is 1. The molecule has 30 heavy (non-hydrogen) atoms. The molecule has 150 valence electrons. The van der Waals surface area contributed by atoms with E-state index in [0.29, 0.717) is 27.8 Å². The van der Waals surface area contributed by atoms with Crippen molar-refractivity contribution in [1.29, 1.82) is 0 Å². The summed E-state index contributed by atoms with van der Waals surface area (Å²) in [7, 11) is 0. The van der Waals surface area contributed by atoms with E-state index in [4.69, 9.17) is 21.7 Å². The van der Waals surface area contributed by atoms with E-state index in [1.807, 2.05) is 73.1 Å². The Morgan fingerprint density at radius 1 is 1.10 bits per heavy atom. The monoisotopic (exact) mass is 416 g/mol. The van der Waals surface area contributed by atoms with E-state index in [1.54, 1.807) is 0 Å². The first kappa shape index (κ1) is 18.8. The molecule has 0 saturated heterocycles. The van der Waals surface area contributed by atoms with Gasteiger partial charge in [-0.15, -0.1) is 0 Å². The Labute approximate surface area is 179 Å². The number of aryl methyl sites for hydroxylation is 2. The van der Waals surface area contributed by atoms with Crippen LogP contribution in [-0.2, 0) is 0 Å². The number of carbonyl (C=O) groups excluding carboxylic acids is 1. The Hall–Kier alpha value is -3.18. The van der Waals surface area contributed by atoms with Gasteiger partial charge in [0, 0.05) is 11.6 Å². The predicted molar refractivity (Wildman–Crippen MR) is 120 cm³/mol. The smallest absolute Gasteiger partial charge is 0.256 e. The first-order chi connectivity index (χ1) is 14.5. The number of hydrogen-bond acceptors (Lipinski definition) is 3. The fourth-order valence-electron chi connectivity index (χ4n) is 3.74. The number of anilines is 1. The van der Waals surface area contributed by atoms with Crippen LogP contribution < -0.4 is 5.32 Å². The van der Waals surface area contributed by atoms with Crippen molar-refractivity contribution in [3.05, 3.63) is 82.1 Å². The van der Waals surface area contributed by atoms with Crippen LogP contribution in [0.3, 0.4) is 0 Å². The van der Waals surface area contributed by atoms with Gasteiger partial charge in [0.2, 0.25) is 0 Å². The molecular formula is C24H21ClN4O. The topological polar surface area (TPSA) is 59.8 Å². The average molecular weight is 417 g/mol. The number of rotatable bonds is 4. The van der Waals surface area contributed by atoms with Gasteiger partial charge in [0.25, 0.3) is 5.91 Å². The number of hydrogen-bond donors (Lipinski definition) is 1. The Morgan fingerprint density at radius 3 is 2.57 bits per heavy atom. The van der Waals surface area contributed by atoms with Crippen molar-refractivity contribution in [2.75, 3.05) is 5.32 Å². The largest absolute Gasteiger partial charge is 0.321 e. The highest BCUT2D eigenvalue weighted by atomic mass is 35.5. The van der Waals surface area contributed by atoms with Crippen LogP contribution in [-0.4, -0.2) is 20.7 Å². The van der Waals surface area contributed by atoms with E-state index in [0.717, 1.165) is 40.9 Å². The van der Waals surface area contributed by atoms with Gasteiger partial charge in [0.15, 0.2) is 5.65 Å². The molecule has 2 heterocycles. The van der Waals surface area contributed by atoms with E-state index < -0.39 is 0 Å². The molecule has 5 rings (SSSR count). The van der Waals surface area contributed by atoms with Crippen molar-refractivity contribution in [2.24, 2.45) is 0 Å². The summed E-state index contributed by atoms with van der Waals surface area (Å²) in [6.45, 7) is 3.88. The summed E-state index contributed by atoms with van der Waals surface area (Å²) in [6.07, 6.45) is 2.20. The summed E-state index contributed by atoms with van der Waals surface area (Å²) in [5.41, 5.74) is 5.56. The zero-order valence-electron chi connectivity index (χ0n) is 16.8. The summed E-state index contributed by atoms with van der Waals surface area (Å²) in [5.74, 6) is 0.203. The first-order valence-electron chi connectivity index (χ1n) is 10.0. The molecule has 1 fully saturated rings. The Bertz CT molecular complexity index is 1280. The normalized spacial score (nSPS) is 13.6. The molecule has 5 nitrogen and oxygen atoms in total. The SMILES string of the molecule is Cc1ccc(NC(=O)c2cc(C3CC3)nc3c2c(C)nn3-c2ccccc2)c(Cl)c1. The van der Waals surface area contributed by atoms with Gasteiger partial charge >= 0.3 is 0 Å². The predicted octanol–water partition coefficient (Wildman–Crippen LogP) is 5.82. The Balaban J connectivity index is 1.65. The second-order valence-corrected chi connectivity index (χ2v) is 8.24. The van der Waals surface area contributed by atoms with E-state index >= 15 is 0 Å². The highest BCUT2D eigenvalue weighted by Gasteiger charge is 2.29. The Kier molecular flexibility index (Phi) is 4.55. The van der Waals surface area contributed by atoms with Gasteiger partial charge in [-0.05, 0) is 62.6 Å². The van der Waals surface area contributed by atoms with Crippen LogP contribution in [0.5, 0.6) is 0 Å². The number of fused-ring (bicyclic) bond motifs is 1. The van der Waals surface area contributed by atoms with Crippen molar-refractivity contribution in [2.45, 2.75) is 32.6 Å². The van der Waals surface area contributed by atoms with Gasteiger partial charge < -0.3 is 5.32 Å². The van der Waals surface area contributed by atoms with Crippen LogP contribution in [0.4, 0.5) is 5.69 Å². The molecule has 1 aliphatic rings. The fourth-order valence-corrected chi connectivity index (χ4v) is 4.02. The minimum atomic E-state index is -0.203. The van der Waals surface area contributed by atoms with Crippen molar-refractivity contribution in [3.63, 3.8) is 0 Å². The lowest BCUT2D eigenvalue weighted by Gasteiger charge is -2.11. The van der Waals surface area contributed by atoms with Gasteiger partial charge in [0.1, 0.15) is 0 Å². The number of nitrogens with one attached hydrogen (secondary N) is 1. The highest BCUT2D eigenvalue weighted by Crippen LogP contribution is 2.41. The van der Waals surface area contributed by atoms with Gasteiger partial charge in [-0.1, -0.05) is 35.9 Å². The minimum Gasteiger partial charge on any atom is -0.321 e. The molecule has 2 aromatic heterocycles. The van der Waals surface area contributed by atoms with Crippen molar-refractivity contribution in [1.82, 2.24) is 14.8 Å². The van der Waals surface area contributed by atoms with Crippen LogP contribution >= 0.6 is 11.6 Å². The molecule has 0 spiro atoms. The zero-order valence-corrected chi connectivity index (χ0v) is 17.6. The maximum absolute atomic E-state index is 13.3. The van der Waals surface area contributed by atoms with Gasteiger partial charge in [-0.2, -0.15) is 5.10 Å². The number of amides is 1. The van der Waals surface area contributed by atoms with Crippen molar-refractivity contribution in [3.8, 4) is 5.69 Å². The van der Waals surface area contributed by atoms with Crippen LogP contribution in [0.2, 0.25) is 5.02 Å². The molecule has 0 atom stereocenters. The van der Waals surface area contributed by atoms with Crippen LogP contribution in [0.15, 0.2) is 54.6 Å². The third kappa shape index (κ3) is 3.35. The number of benzene rings is 2. The number of carbonyl (C=O) groups is 1. The number of pyridine rings is 1. The molecule has 0 bridgehead atoms. The minimum absolute atomic E-state index is 0.203. The summed E-state index contributed by atoms with van der Waals surface area (Å²) >= 11 is 6.34. The molecule has 1 saturated carbocycles. The third-order valence-corrected chi connectivity index (χ3v) is 5.76. The molecule has 1 aliphatic carbocycles. The summed E-state index contributed by atoms with van der Waals surface area (Å²) in [4.78, 5) is 18.2. The highest BCUT2D eigenvalue weighted by molar-refractivity contribution is 6.34. The van der Waals surface area contributed by atoms with Crippen molar-refractivity contribution < 1.29 is 4.79 Å². The average Bonchev–Trinajstić information content (AvgIpc) is 3.54. The Morgan fingerprint density at radius 2 is 1.87 bits per heavy atom. The van der Waals surface area contributed by atoms with Crippen LogP contribution in [0.1, 0.15) is 46.1 Å². The first-order valence-corrected chi connectivity index (χ1v) is 10.4. The molecule has 1 amide bonds. The number of para-hydroxylation sites is 1. The lowest BCUT2D eigenvalue weighted by molar-refractivity contribution is 0.102. The van der Waals surface area contributed by atoms with E-state index in [9.17, 15) is 4.79 Å².